The van der Waals surface area contributed by atoms with Gasteiger partial charge in [-0.1, -0.05) is 13.0 Å². The predicted molar refractivity (Wildman–Crippen MR) is 72.6 cm³/mol. The van der Waals surface area contributed by atoms with Crippen molar-refractivity contribution in [2.24, 2.45) is 5.92 Å². The fourth-order valence-corrected chi connectivity index (χ4v) is 2.86. The second-order valence-electron chi connectivity index (χ2n) is 5.16. The van der Waals surface area contributed by atoms with Gasteiger partial charge in [0.25, 0.3) is 0 Å². The van der Waals surface area contributed by atoms with E-state index in [9.17, 15) is 4.79 Å². The maximum absolute atomic E-state index is 11.7. The molecule has 0 saturated carbocycles. The van der Waals surface area contributed by atoms with Crippen molar-refractivity contribution < 1.29 is 9.53 Å². The summed E-state index contributed by atoms with van der Waals surface area (Å²) >= 11 is 0. The van der Waals surface area contributed by atoms with Crippen LogP contribution in [0.25, 0.3) is 0 Å². The number of hydrogen-bond acceptors (Lipinski definition) is 3. The average Bonchev–Trinajstić information content (AvgIpc) is 2.41. The van der Waals surface area contributed by atoms with Crippen LogP contribution in [0.2, 0.25) is 0 Å². The highest BCUT2D eigenvalue weighted by Crippen LogP contribution is 2.38. The van der Waals surface area contributed by atoms with Gasteiger partial charge in [0.1, 0.15) is 0 Å². The van der Waals surface area contributed by atoms with Gasteiger partial charge in [0.15, 0.2) is 0 Å². The number of rotatable bonds is 3. The molecule has 0 aromatic heterocycles. The molecule has 0 heterocycles. The molecule has 0 bridgehead atoms. The van der Waals surface area contributed by atoms with Gasteiger partial charge in [-0.2, -0.15) is 5.26 Å². The quantitative estimate of drug-likeness (QED) is 0.781. The smallest absolute Gasteiger partial charge is 0.306 e. The van der Waals surface area contributed by atoms with Crippen LogP contribution in [0.3, 0.4) is 0 Å². The van der Waals surface area contributed by atoms with Crippen molar-refractivity contribution in [1.82, 2.24) is 0 Å². The lowest BCUT2D eigenvalue weighted by molar-refractivity contribution is -0.143. The van der Waals surface area contributed by atoms with E-state index >= 15 is 0 Å². The molecular formula is C16H19NO2. The zero-order chi connectivity index (χ0) is 13.8. The molecule has 3 nitrogen and oxygen atoms in total. The zero-order valence-corrected chi connectivity index (χ0v) is 11.5. The topological polar surface area (TPSA) is 50.1 Å². The number of benzene rings is 1. The van der Waals surface area contributed by atoms with E-state index in [1.54, 1.807) is 0 Å². The van der Waals surface area contributed by atoms with E-state index in [0.717, 1.165) is 12.8 Å². The summed E-state index contributed by atoms with van der Waals surface area (Å²) in [6, 6.07) is 7.98. The Morgan fingerprint density at radius 1 is 1.53 bits per heavy atom. The molecular weight excluding hydrogens is 238 g/mol. The lowest BCUT2D eigenvalue weighted by Crippen LogP contribution is -2.22. The molecule has 100 valence electrons. The number of nitrogens with zero attached hydrogens (tertiary/aromatic N) is 1. The number of carbonyl (C=O) groups is 1. The molecule has 2 unspecified atom stereocenters. The average molecular weight is 257 g/mol. The van der Waals surface area contributed by atoms with E-state index in [1.807, 2.05) is 25.1 Å². The summed E-state index contributed by atoms with van der Waals surface area (Å²) in [4.78, 5) is 11.7. The highest BCUT2D eigenvalue weighted by molar-refractivity contribution is 5.71. The first-order chi connectivity index (χ1) is 9.15. The second-order valence-corrected chi connectivity index (χ2v) is 5.16. The number of esters is 1. The number of hydrogen-bond donors (Lipinski definition) is 0. The zero-order valence-electron chi connectivity index (χ0n) is 11.5. The largest absolute Gasteiger partial charge is 0.466 e. The Kier molecular flexibility index (Phi) is 4.21. The van der Waals surface area contributed by atoms with Gasteiger partial charge in [-0.3, -0.25) is 4.79 Å². The van der Waals surface area contributed by atoms with E-state index < -0.39 is 0 Å². The van der Waals surface area contributed by atoms with Gasteiger partial charge < -0.3 is 4.74 Å². The molecule has 0 N–H and O–H groups in total. The molecule has 3 heteroatoms. The summed E-state index contributed by atoms with van der Waals surface area (Å²) in [5, 5.41) is 8.95. The maximum Gasteiger partial charge on any atom is 0.306 e. The minimum atomic E-state index is -0.128. The summed E-state index contributed by atoms with van der Waals surface area (Å²) in [7, 11) is 0. The van der Waals surface area contributed by atoms with Crippen LogP contribution < -0.4 is 0 Å². The maximum atomic E-state index is 11.7. The van der Waals surface area contributed by atoms with Crippen LogP contribution in [0.1, 0.15) is 49.3 Å². The first-order valence-corrected chi connectivity index (χ1v) is 6.84. The lowest BCUT2D eigenvalue weighted by Gasteiger charge is -2.31. The SMILES string of the molecule is CCOC(=O)CC1c2ccc(C#N)cc2CCC1C. The van der Waals surface area contributed by atoms with Crippen LogP contribution in [0.5, 0.6) is 0 Å². The highest BCUT2D eigenvalue weighted by Gasteiger charge is 2.29. The Balaban J connectivity index is 2.25. The second kappa shape index (κ2) is 5.88. The summed E-state index contributed by atoms with van der Waals surface area (Å²) < 4.78 is 5.06. The number of aryl methyl sites for hydroxylation is 1. The first-order valence-electron chi connectivity index (χ1n) is 6.84. The standard InChI is InChI=1S/C16H19NO2/c1-3-19-16(18)9-15-11(2)4-6-13-8-12(10-17)5-7-14(13)15/h5,7-8,11,15H,3-4,6,9H2,1-2H3. The molecule has 1 aliphatic rings. The van der Waals surface area contributed by atoms with Crippen LogP contribution in [-0.2, 0) is 16.0 Å². The molecule has 2 rings (SSSR count). The van der Waals surface area contributed by atoms with Gasteiger partial charge in [-0.05, 0) is 54.9 Å². The molecule has 0 spiro atoms. The van der Waals surface area contributed by atoms with Gasteiger partial charge in [0.05, 0.1) is 24.7 Å². The van der Waals surface area contributed by atoms with Crippen molar-refractivity contribution in [2.45, 2.75) is 39.0 Å². The van der Waals surface area contributed by atoms with Crippen LogP contribution >= 0.6 is 0 Å². The van der Waals surface area contributed by atoms with Crippen molar-refractivity contribution in [3.05, 3.63) is 34.9 Å². The van der Waals surface area contributed by atoms with Crippen molar-refractivity contribution in [3.8, 4) is 6.07 Å². The Bertz CT molecular complexity index is 516. The van der Waals surface area contributed by atoms with Crippen LogP contribution in [0, 0.1) is 17.2 Å². The van der Waals surface area contributed by atoms with Crippen molar-refractivity contribution in [2.75, 3.05) is 6.61 Å². The molecule has 19 heavy (non-hydrogen) atoms. The summed E-state index contributed by atoms with van der Waals surface area (Å²) in [5.74, 6) is 0.567. The normalized spacial score (nSPS) is 21.3. The van der Waals surface area contributed by atoms with Crippen molar-refractivity contribution >= 4 is 5.97 Å². The number of fused-ring (bicyclic) bond motifs is 1. The third kappa shape index (κ3) is 2.96. The third-order valence-electron chi connectivity index (χ3n) is 3.92. The van der Waals surface area contributed by atoms with E-state index in [1.165, 1.54) is 11.1 Å². The Morgan fingerprint density at radius 2 is 2.32 bits per heavy atom. The van der Waals surface area contributed by atoms with Crippen molar-refractivity contribution in [1.29, 1.82) is 5.26 Å². The molecule has 2 atom stereocenters. The predicted octanol–water partition coefficient (Wildman–Crippen LogP) is 3.18. The Morgan fingerprint density at radius 3 is 3.00 bits per heavy atom. The van der Waals surface area contributed by atoms with Crippen molar-refractivity contribution in [3.63, 3.8) is 0 Å². The van der Waals surface area contributed by atoms with Gasteiger partial charge >= 0.3 is 5.97 Å². The molecule has 1 aromatic carbocycles. The fourth-order valence-electron chi connectivity index (χ4n) is 2.86. The fraction of sp³-hybridized carbons (Fsp3) is 0.500. The Labute approximate surface area is 114 Å². The minimum absolute atomic E-state index is 0.128. The van der Waals surface area contributed by atoms with Gasteiger partial charge in [-0.15, -0.1) is 0 Å². The first kappa shape index (κ1) is 13.6. The molecule has 0 fully saturated rings. The summed E-state index contributed by atoms with van der Waals surface area (Å²) in [6.07, 6.45) is 2.49. The molecule has 1 aliphatic carbocycles. The molecule has 0 amide bonds. The molecule has 0 aliphatic heterocycles. The highest BCUT2D eigenvalue weighted by atomic mass is 16.5. The van der Waals surface area contributed by atoms with Gasteiger partial charge in [-0.25, -0.2) is 0 Å². The minimum Gasteiger partial charge on any atom is -0.466 e. The lowest BCUT2D eigenvalue weighted by atomic mass is 9.74. The number of ether oxygens (including phenoxy) is 1. The van der Waals surface area contributed by atoms with Crippen LogP contribution in [0.15, 0.2) is 18.2 Å². The monoisotopic (exact) mass is 257 g/mol. The van der Waals surface area contributed by atoms with E-state index in [0.29, 0.717) is 24.5 Å². The van der Waals surface area contributed by atoms with E-state index in [-0.39, 0.29) is 11.9 Å². The van der Waals surface area contributed by atoms with Gasteiger partial charge in [0.2, 0.25) is 0 Å². The molecule has 0 radical (unpaired) electrons. The number of carbonyl (C=O) groups excluding carboxylic acids is 1. The van der Waals surface area contributed by atoms with Crippen LogP contribution in [0.4, 0.5) is 0 Å². The molecule has 1 aromatic rings. The summed E-state index contributed by atoms with van der Waals surface area (Å²) in [5.41, 5.74) is 3.13. The summed E-state index contributed by atoms with van der Waals surface area (Å²) in [6.45, 7) is 4.44. The molecule has 0 saturated heterocycles. The van der Waals surface area contributed by atoms with E-state index in [4.69, 9.17) is 10.00 Å². The Hall–Kier alpha value is -1.82. The van der Waals surface area contributed by atoms with Gasteiger partial charge in [0, 0.05) is 0 Å². The van der Waals surface area contributed by atoms with Crippen LogP contribution in [-0.4, -0.2) is 12.6 Å². The number of nitriles is 1. The van der Waals surface area contributed by atoms with E-state index in [2.05, 4.69) is 13.0 Å². The third-order valence-corrected chi connectivity index (χ3v) is 3.92.